The number of primary amides is 1. The van der Waals surface area contributed by atoms with Gasteiger partial charge in [0, 0.05) is 10.2 Å². The van der Waals surface area contributed by atoms with E-state index in [9.17, 15) is 9.59 Å². The molecule has 4 N–H and O–H groups in total. The number of hydrogen-bond donors (Lipinski definition) is 3. The molecule has 3 amide bonds. The van der Waals surface area contributed by atoms with Crippen molar-refractivity contribution in [3.8, 4) is 11.5 Å². The van der Waals surface area contributed by atoms with E-state index in [0.29, 0.717) is 27.8 Å². The molecule has 0 saturated carbocycles. The summed E-state index contributed by atoms with van der Waals surface area (Å²) in [7, 11) is 1.47. The van der Waals surface area contributed by atoms with E-state index in [1.807, 2.05) is 0 Å². The average Bonchev–Trinajstić information content (AvgIpc) is 2.63. The van der Waals surface area contributed by atoms with Gasteiger partial charge in [-0.2, -0.15) is 5.10 Å². The highest BCUT2D eigenvalue weighted by Gasteiger charge is 2.09. The number of hydrogen-bond acceptors (Lipinski definition) is 5. The van der Waals surface area contributed by atoms with Gasteiger partial charge in [-0.05, 0) is 57.9 Å². The molecule has 0 aliphatic carbocycles. The lowest BCUT2D eigenvalue weighted by atomic mass is 10.2. The van der Waals surface area contributed by atoms with Crippen molar-refractivity contribution < 1.29 is 19.1 Å². The van der Waals surface area contributed by atoms with Crippen molar-refractivity contribution in [1.82, 2.24) is 5.43 Å². The smallest absolute Gasteiger partial charge is 0.332 e. The quantitative estimate of drug-likeness (QED) is 0.439. The van der Waals surface area contributed by atoms with Crippen molar-refractivity contribution in [1.29, 1.82) is 0 Å². The maximum absolute atomic E-state index is 12.0. The van der Waals surface area contributed by atoms with Crippen molar-refractivity contribution in [3.05, 3.63) is 51.5 Å². The molecule has 0 bridgehead atoms. The molecule has 0 aliphatic rings. The van der Waals surface area contributed by atoms with Crippen molar-refractivity contribution in [3.63, 3.8) is 0 Å². The van der Waals surface area contributed by atoms with E-state index in [2.05, 4.69) is 31.8 Å². The third-order valence-corrected chi connectivity index (χ3v) is 4.37. The van der Waals surface area contributed by atoms with Gasteiger partial charge < -0.3 is 20.5 Å². The number of methoxy groups -OCH3 is 1. The number of halogens is 2. The zero-order valence-electron chi connectivity index (χ0n) is 14.2. The Balaban J connectivity index is 1.97. The third-order valence-electron chi connectivity index (χ3n) is 3.14. The van der Waals surface area contributed by atoms with Crippen molar-refractivity contribution in [2.75, 3.05) is 19.0 Å². The first-order chi connectivity index (χ1) is 12.9. The molecule has 0 radical (unpaired) electrons. The fraction of sp³-hybridized carbons (Fsp3) is 0.118. The molecule has 2 rings (SSSR count). The number of nitrogens with one attached hydrogen (secondary N) is 2. The van der Waals surface area contributed by atoms with Crippen LogP contribution >= 0.6 is 27.5 Å². The van der Waals surface area contributed by atoms with Crippen molar-refractivity contribution in [2.24, 2.45) is 10.8 Å². The Bertz CT molecular complexity index is 876. The van der Waals surface area contributed by atoms with E-state index in [1.165, 1.54) is 13.3 Å². The summed E-state index contributed by atoms with van der Waals surface area (Å²) >= 11 is 9.27. The van der Waals surface area contributed by atoms with Crippen molar-refractivity contribution in [2.45, 2.75) is 0 Å². The lowest BCUT2D eigenvalue weighted by Crippen LogP contribution is -2.24. The third kappa shape index (κ3) is 6.46. The summed E-state index contributed by atoms with van der Waals surface area (Å²) in [4.78, 5) is 22.6. The molecule has 8 nitrogen and oxygen atoms in total. The molecular formula is C17H16BrClN4O4. The molecule has 0 aliphatic heterocycles. The van der Waals surface area contributed by atoms with Gasteiger partial charge in [-0.25, -0.2) is 10.2 Å². The predicted octanol–water partition coefficient (Wildman–Crippen LogP) is 3.13. The minimum absolute atomic E-state index is 0.222. The molecule has 10 heteroatoms. The summed E-state index contributed by atoms with van der Waals surface area (Å²) in [6.45, 7) is -0.222. The standard InChI is InChI=1S/C17H16BrClN4O4/c1-26-15-6-10(8-21-23-17(20)25)2-5-14(15)27-9-16(24)22-11-3-4-12(18)13(19)7-11/h2-8H,9H2,1H3,(H,22,24)(H3,20,23,25)/b21-8-. The van der Waals surface area contributed by atoms with Crippen LogP contribution in [0, 0.1) is 0 Å². The van der Waals surface area contributed by atoms with Crippen molar-refractivity contribution >= 4 is 51.4 Å². The average molecular weight is 456 g/mol. The highest BCUT2D eigenvalue weighted by molar-refractivity contribution is 9.10. The van der Waals surface area contributed by atoms with E-state index in [1.54, 1.807) is 36.4 Å². The highest BCUT2D eigenvalue weighted by Crippen LogP contribution is 2.28. The number of anilines is 1. The topological polar surface area (TPSA) is 115 Å². The highest BCUT2D eigenvalue weighted by atomic mass is 79.9. The molecule has 0 spiro atoms. The Labute approximate surface area is 168 Å². The Kier molecular flexibility index (Phi) is 7.44. The van der Waals surface area contributed by atoms with Crippen LogP contribution in [0.15, 0.2) is 46.0 Å². The zero-order valence-corrected chi connectivity index (χ0v) is 16.5. The minimum atomic E-state index is -0.767. The number of carbonyl (C=O) groups excluding carboxylic acids is 2. The van der Waals surface area contributed by atoms with Gasteiger partial charge in [0.05, 0.1) is 18.3 Å². The Morgan fingerprint density at radius 3 is 2.70 bits per heavy atom. The van der Waals surface area contributed by atoms with E-state index in [0.717, 1.165) is 4.47 Å². The van der Waals surface area contributed by atoms with Gasteiger partial charge in [-0.3, -0.25) is 4.79 Å². The van der Waals surface area contributed by atoms with Gasteiger partial charge in [0.2, 0.25) is 0 Å². The number of ether oxygens (including phenoxy) is 2. The van der Waals surface area contributed by atoms with E-state index >= 15 is 0 Å². The van der Waals surface area contributed by atoms with Gasteiger partial charge in [0.1, 0.15) is 0 Å². The SMILES string of the molecule is COc1cc(/C=N\NC(N)=O)ccc1OCC(=O)Nc1ccc(Br)c(Cl)c1. The monoisotopic (exact) mass is 454 g/mol. The molecule has 0 saturated heterocycles. The Hall–Kier alpha value is -2.78. The molecule has 0 fully saturated rings. The Morgan fingerprint density at radius 1 is 1.26 bits per heavy atom. The second kappa shape index (κ2) is 9.79. The number of nitrogens with two attached hydrogens (primary N) is 1. The predicted molar refractivity (Wildman–Crippen MR) is 107 cm³/mol. The summed E-state index contributed by atoms with van der Waals surface area (Å²) < 4.78 is 11.5. The molecule has 0 unspecified atom stereocenters. The maximum atomic E-state index is 12.0. The lowest BCUT2D eigenvalue weighted by Gasteiger charge is -2.11. The van der Waals surface area contributed by atoms with E-state index in [4.69, 9.17) is 26.8 Å². The van der Waals surface area contributed by atoms with E-state index < -0.39 is 6.03 Å². The maximum Gasteiger partial charge on any atom is 0.332 e. The van der Waals surface area contributed by atoms with Crippen LogP contribution in [0.25, 0.3) is 0 Å². The Morgan fingerprint density at radius 2 is 2.04 bits per heavy atom. The summed E-state index contributed by atoms with van der Waals surface area (Å²) in [6.07, 6.45) is 1.39. The minimum Gasteiger partial charge on any atom is -0.493 e. The molecule has 0 heterocycles. The molecule has 142 valence electrons. The van der Waals surface area contributed by atoms with Crippen LogP contribution in [0.3, 0.4) is 0 Å². The summed E-state index contributed by atoms with van der Waals surface area (Å²) in [5.41, 5.74) is 8.20. The van der Waals surface area contributed by atoms with Crippen LogP contribution in [0.2, 0.25) is 5.02 Å². The van der Waals surface area contributed by atoms with Crippen LogP contribution < -0.4 is 25.9 Å². The van der Waals surface area contributed by atoms with Gasteiger partial charge in [0.25, 0.3) is 5.91 Å². The summed E-state index contributed by atoms with van der Waals surface area (Å²) in [5.74, 6) is 0.422. The number of carbonyl (C=O) groups is 2. The fourth-order valence-electron chi connectivity index (χ4n) is 1.97. The second-order valence-corrected chi connectivity index (χ2v) is 6.37. The van der Waals surface area contributed by atoms with Gasteiger partial charge in [-0.1, -0.05) is 11.6 Å². The lowest BCUT2D eigenvalue weighted by molar-refractivity contribution is -0.118. The first-order valence-corrected chi connectivity index (χ1v) is 8.70. The van der Waals surface area contributed by atoms with Gasteiger partial charge in [-0.15, -0.1) is 0 Å². The summed E-state index contributed by atoms with van der Waals surface area (Å²) in [6, 6.07) is 9.23. The molecular weight excluding hydrogens is 440 g/mol. The van der Waals surface area contributed by atoms with E-state index in [-0.39, 0.29) is 12.5 Å². The number of urea groups is 1. The van der Waals surface area contributed by atoms with Crippen LogP contribution in [-0.4, -0.2) is 31.9 Å². The number of nitrogens with zero attached hydrogens (tertiary/aromatic N) is 1. The number of rotatable bonds is 7. The first kappa shape index (κ1) is 20.5. The van der Waals surface area contributed by atoms with Crippen LogP contribution in [0.5, 0.6) is 11.5 Å². The first-order valence-electron chi connectivity index (χ1n) is 7.53. The second-order valence-electron chi connectivity index (χ2n) is 5.11. The van der Waals surface area contributed by atoms with Crippen LogP contribution in [0.1, 0.15) is 5.56 Å². The van der Waals surface area contributed by atoms with Gasteiger partial charge >= 0.3 is 6.03 Å². The summed E-state index contributed by atoms with van der Waals surface area (Å²) in [5, 5.41) is 6.83. The number of benzene rings is 2. The molecule has 2 aromatic rings. The molecule has 0 aromatic heterocycles. The largest absolute Gasteiger partial charge is 0.493 e. The fourth-order valence-corrected chi connectivity index (χ4v) is 2.40. The normalized spacial score (nSPS) is 10.5. The molecule has 2 aromatic carbocycles. The molecule has 0 atom stereocenters. The van der Waals surface area contributed by atoms with Gasteiger partial charge in [0.15, 0.2) is 18.1 Å². The number of amides is 3. The number of hydrazone groups is 1. The zero-order chi connectivity index (χ0) is 19.8. The van der Waals surface area contributed by atoms with Crippen LogP contribution in [-0.2, 0) is 4.79 Å². The van der Waals surface area contributed by atoms with Crippen LogP contribution in [0.4, 0.5) is 10.5 Å². The molecule has 27 heavy (non-hydrogen) atoms.